The number of benzene rings is 4. The number of hydrogen-bond acceptors (Lipinski definition) is 3. The summed E-state index contributed by atoms with van der Waals surface area (Å²) in [6.45, 7) is -0.163. The van der Waals surface area contributed by atoms with E-state index in [-0.39, 0.29) is 6.61 Å². The van der Waals surface area contributed by atoms with Crippen LogP contribution in [0.15, 0.2) is 95.5 Å². The summed E-state index contributed by atoms with van der Waals surface area (Å²) in [5.74, 6) is 0.643. The highest BCUT2D eigenvalue weighted by Crippen LogP contribution is 2.33. The van der Waals surface area contributed by atoms with Crippen LogP contribution in [0.1, 0.15) is 0 Å². The maximum Gasteiger partial charge on any atom is 0.349 e. The summed E-state index contributed by atoms with van der Waals surface area (Å²) in [6, 6.07) is 29.3. The minimum Gasteiger partial charge on any atom is -0.482 e. The number of esters is 1. The summed E-state index contributed by atoms with van der Waals surface area (Å²) in [5.41, 5.74) is 2.23. The van der Waals surface area contributed by atoms with Crippen LogP contribution in [0.2, 0.25) is 0 Å². The highest BCUT2D eigenvalue weighted by atomic mass is 79.9. The van der Waals surface area contributed by atoms with Gasteiger partial charge < -0.3 is 9.47 Å². The molecule has 0 aromatic heterocycles. The molecule has 28 heavy (non-hydrogen) atoms. The van der Waals surface area contributed by atoms with Crippen LogP contribution in [-0.2, 0) is 4.79 Å². The van der Waals surface area contributed by atoms with Crippen molar-refractivity contribution in [3.8, 4) is 22.6 Å². The van der Waals surface area contributed by atoms with Crippen LogP contribution in [0.25, 0.3) is 21.9 Å². The van der Waals surface area contributed by atoms with E-state index in [4.69, 9.17) is 9.47 Å². The molecular weight excluding hydrogens is 416 g/mol. The van der Waals surface area contributed by atoms with E-state index in [0.29, 0.717) is 11.5 Å². The maximum absolute atomic E-state index is 12.2. The first-order valence-electron chi connectivity index (χ1n) is 8.87. The van der Waals surface area contributed by atoms with Crippen LogP contribution in [0.5, 0.6) is 11.5 Å². The van der Waals surface area contributed by atoms with Gasteiger partial charge in [0.1, 0.15) is 11.5 Å². The largest absolute Gasteiger partial charge is 0.482 e. The number of ether oxygens (including phenoxy) is 2. The van der Waals surface area contributed by atoms with Gasteiger partial charge in [-0.1, -0.05) is 72.8 Å². The molecule has 4 aromatic rings. The standard InChI is InChI=1S/C24H17BrO3/c25-24-21-9-5-4-8-19(21)12-15-22(24)28-23(26)16-27-20-13-10-18(11-14-20)17-6-2-1-3-7-17/h1-15H,16H2. The van der Waals surface area contributed by atoms with Gasteiger partial charge in [0.05, 0.1) is 4.47 Å². The molecule has 0 unspecified atom stereocenters. The average Bonchev–Trinajstić information content (AvgIpc) is 2.75. The number of carbonyl (C=O) groups is 1. The number of fused-ring (bicyclic) bond motifs is 1. The minimum absolute atomic E-state index is 0.163. The third kappa shape index (κ3) is 4.07. The Hall–Kier alpha value is -3.11. The molecule has 0 atom stereocenters. The Labute approximate surface area is 171 Å². The molecule has 0 heterocycles. The van der Waals surface area contributed by atoms with Gasteiger partial charge in [-0.2, -0.15) is 0 Å². The second kappa shape index (κ2) is 8.28. The second-order valence-corrected chi connectivity index (χ2v) is 7.04. The number of carbonyl (C=O) groups excluding carboxylic acids is 1. The van der Waals surface area contributed by atoms with Crippen molar-refractivity contribution >= 4 is 32.7 Å². The summed E-state index contributed by atoms with van der Waals surface area (Å²) in [7, 11) is 0. The number of hydrogen-bond donors (Lipinski definition) is 0. The van der Waals surface area contributed by atoms with E-state index in [1.807, 2.05) is 72.8 Å². The molecule has 0 aliphatic heterocycles. The molecule has 4 rings (SSSR count). The van der Waals surface area contributed by atoms with Gasteiger partial charge in [-0.25, -0.2) is 4.79 Å². The fourth-order valence-electron chi connectivity index (χ4n) is 2.96. The first kappa shape index (κ1) is 18.3. The fraction of sp³-hybridized carbons (Fsp3) is 0.0417. The van der Waals surface area contributed by atoms with Crippen LogP contribution in [-0.4, -0.2) is 12.6 Å². The Balaban J connectivity index is 1.39. The van der Waals surface area contributed by atoms with Crippen molar-refractivity contribution in [2.45, 2.75) is 0 Å². The topological polar surface area (TPSA) is 35.5 Å². The van der Waals surface area contributed by atoms with E-state index >= 15 is 0 Å². The van der Waals surface area contributed by atoms with E-state index < -0.39 is 5.97 Å². The Bertz CT molecular complexity index is 1110. The summed E-state index contributed by atoms with van der Waals surface area (Å²) >= 11 is 3.52. The monoisotopic (exact) mass is 432 g/mol. The molecule has 0 aliphatic rings. The summed E-state index contributed by atoms with van der Waals surface area (Å²) in [5, 5.41) is 2.06. The third-order valence-electron chi connectivity index (χ3n) is 4.37. The summed E-state index contributed by atoms with van der Waals surface area (Å²) in [6.07, 6.45) is 0. The lowest BCUT2D eigenvalue weighted by Crippen LogP contribution is -2.17. The van der Waals surface area contributed by atoms with Crippen molar-refractivity contribution in [3.05, 3.63) is 95.5 Å². The summed E-state index contributed by atoms with van der Waals surface area (Å²) in [4.78, 5) is 12.2. The zero-order valence-corrected chi connectivity index (χ0v) is 16.6. The van der Waals surface area contributed by atoms with Gasteiger partial charge in [0, 0.05) is 0 Å². The zero-order valence-electron chi connectivity index (χ0n) is 15.0. The normalized spacial score (nSPS) is 10.6. The molecule has 0 bridgehead atoms. The van der Waals surface area contributed by atoms with Crippen molar-refractivity contribution in [1.82, 2.24) is 0 Å². The molecule has 0 saturated carbocycles. The lowest BCUT2D eigenvalue weighted by molar-refractivity contribution is -0.136. The average molecular weight is 433 g/mol. The van der Waals surface area contributed by atoms with Crippen molar-refractivity contribution in [2.24, 2.45) is 0 Å². The molecule has 0 N–H and O–H groups in total. The van der Waals surface area contributed by atoms with Gasteiger partial charge in [0.15, 0.2) is 6.61 Å². The zero-order chi connectivity index (χ0) is 19.3. The van der Waals surface area contributed by atoms with Crippen molar-refractivity contribution in [3.63, 3.8) is 0 Å². The first-order chi connectivity index (χ1) is 13.7. The molecule has 0 aliphatic carbocycles. The van der Waals surface area contributed by atoms with Crippen molar-refractivity contribution in [1.29, 1.82) is 0 Å². The minimum atomic E-state index is -0.455. The Morgan fingerprint density at radius 3 is 2.21 bits per heavy atom. The third-order valence-corrected chi connectivity index (χ3v) is 5.19. The number of halogens is 1. The van der Waals surface area contributed by atoms with Gasteiger partial charge in [-0.05, 0) is 56.0 Å². The predicted octanol–water partition coefficient (Wildman–Crippen LogP) is 6.25. The van der Waals surface area contributed by atoms with E-state index in [2.05, 4.69) is 28.1 Å². The Morgan fingerprint density at radius 2 is 1.43 bits per heavy atom. The molecule has 138 valence electrons. The first-order valence-corrected chi connectivity index (χ1v) is 9.66. The molecule has 4 aromatic carbocycles. The van der Waals surface area contributed by atoms with E-state index in [9.17, 15) is 4.79 Å². The quantitative estimate of drug-likeness (QED) is 0.276. The molecule has 0 fully saturated rings. The lowest BCUT2D eigenvalue weighted by atomic mass is 10.1. The molecule has 4 heteroatoms. The lowest BCUT2D eigenvalue weighted by Gasteiger charge is -2.10. The highest BCUT2D eigenvalue weighted by molar-refractivity contribution is 9.10. The highest BCUT2D eigenvalue weighted by Gasteiger charge is 2.11. The smallest absolute Gasteiger partial charge is 0.349 e. The molecule has 0 radical (unpaired) electrons. The van der Waals surface area contributed by atoms with Gasteiger partial charge in [-0.15, -0.1) is 0 Å². The van der Waals surface area contributed by atoms with E-state index in [1.54, 1.807) is 6.07 Å². The molecular formula is C24H17BrO3. The number of rotatable bonds is 5. The van der Waals surface area contributed by atoms with Crippen LogP contribution in [0, 0.1) is 0 Å². The van der Waals surface area contributed by atoms with Crippen molar-refractivity contribution < 1.29 is 14.3 Å². The van der Waals surface area contributed by atoms with Crippen LogP contribution >= 0.6 is 15.9 Å². The predicted molar refractivity (Wildman–Crippen MR) is 115 cm³/mol. The molecule has 0 saturated heterocycles. The van der Waals surface area contributed by atoms with Gasteiger partial charge in [0.25, 0.3) is 0 Å². The van der Waals surface area contributed by atoms with E-state index in [1.165, 1.54) is 0 Å². The van der Waals surface area contributed by atoms with Gasteiger partial charge in [-0.3, -0.25) is 0 Å². The molecule has 0 amide bonds. The van der Waals surface area contributed by atoms with Crippen molar-refractivity contribution in [2.75, 3.05) is 6.61 Å². The Morgan fingerprint density at radius 1 is 0.750 bits per heavy atom. The Kier molecular flexibility index (Phi) is 5.40. The maximum atomic E-state index is 12.2. The molecule has 3 nitrogen and oxygen atoms in total. The van der Waals surface area contributed by atoms with Crippen LogP contribution in [0.4, 0.5) is 0 Å². The second-order valence-electron chi connectivity index (χ2n) is 6.25. The molecule has 0 spiro atoms. The van der Waals surface area contributed by atoms with Gasteiger partial charge >= 0.3 is 5.97 Å². The fourth-order valence-corrected chi connectivity index (χ4v) is 3.54. The van der Waals surface area contributed by atoms with Crippen LogP contribution in [0.3, 0.4) is 0 Å². The van der Waals surface area contributed by atoms with E-state index in [0.717, 1.165) is 26.4 Å². The van der Waals surface area contributed by atoms with Gasteiger partial charge in [0.2, 0.25) is 0 Å². The summed E-state index contributed by atoms with van der Waals surface area (Å²) < 4.78 is 11.8. The van der Waals surface area contributed by atoms with Crippen LogP contribution < -0.4 is 9.47 Å². The SMILES string of the molecule is O=C(COc1ccc(-c2ccccc2)cc1)Oc1ccc2ccccc2c1Br.